The summed E-state index contributed by atoms with van der Waals surface area (Å²) in [6.45, 7) is 2.49. The molecule has 0 unspecified atom stereocenters. The van der Waals surface area contributed by atoms with Crippen molar-refractivity contribution in [2.24, 2.45) is 5.73 Å². The first-order chi connectivity index (χ1) is 9.05. The summed E-state index contributed by atoms with van der Waals surface area (Å²) in [6.07, 6.45) is 2.25. The van der Waals surface area contributed by atoms with E-state index in [0.29, 0.717) is 6.54 Å². The van der Waals surface area contributed by atoms with Gasteiger partial charge in [-0.25, -0.2) is 8.78 Å². The minimum atomic E-state index is -2.53. The highest BCUT2D eigenvalue weighted by Crippen LogP contribution is 2.52. The second kappa shape index (κ2) is 4.44. The Labute approximate surface area is 112 Å². The predicted molar refractivity (Wildman–Crippen MR) is 72.8 cm³/mol. The molecule has 0 bridgehead atoms. The fourth-order valence-electron chi connectivity index (χ4n) is 3.41. The number of nitrogens with zero attached hydrogens (tertiary/aromatic N) is 1. The summed E-state index contributed by atoms with van der Waals surface area (Å²) >= 11 is 0. The van der Waals surface area contributed by atoms with Gasteiger partial charge in [-0.2, -0.15) is 0 Å². The van der Waals surface area contributed by atoms with Crippen molar-refractivity contribution in [2.45, 2.75) is 37.0 Å². The number of hydrogen-bond donors (Lipinski definition) is 1. The lowest BCUT2D eigenvalue weighted by Gasteiger charge is -2.47. The van der Waals surface area contributed by atoms with Crippen molar-refractivity contribution in [2.75, 3.05) is 24.5 Å². The molecule has 1 saturated carbocycles. The van der Waals surface area contributed by atoms with Crippen LogP contribution in [0.25, 0.3) is 0 Å². The molecule has 1 aromatic rings. The van der Waals surface area contributed by atoms with Crippen LogP contribution in [0.1, 0.15) is 31.2 Å². The smallest absolute Gasteiger partial charge is 0.250 e. The molecule has 2 aliphatic rings. The van der Waals surface area contributed by atoms with Crippen LogP contribution in [-0.4, -0.2) is 25.6 Å². The van der Waals surface area contributed by atoms with Gasteiger partial charge in [0, 0.05) is 43.6 Å². The molecule has 1 aliphatic heterocycles. The van der Waals surface area contributed by atoms with E-state index in [2.05, 4.69) is 17.0 Å². The molecule has 2 fully saturated rings. The Morgan fingerprint density at radius 1 is 1.05 bits per heavy atom. The van der Waals surface area contributed by atoms with E-state index in [1.54, 1.807) is 0 Å². The van der Waals surface area contributed by atoms with Gasteiger partial charge in [0.1, 0.15) is 0 Å². The average Bonchev–Trinajstić information content (AvgIpc) is 2.89. The van der Waals surface area contributed by atoms with Crippen LogP contribution in [0.3, 0.4) is 0 Å². The fourth-order valence-corrected chi connectivity index (χ4v) is 3.41. The Balaban J connectivity index is 1.78. The lowest BCUT2D eigenvalue weighted by Crippen LogP contribution is -2.53. The zero-order valence-corrected chi connectivity index (χ0v) is 11.0. The molecule has 0 amide bonds. The van der Waals surface area contributed by atoms with Gasteiger partial charge in [0.25, 0.3) is 0 Å². The van der Waals surface area contributed by atoms with E-state index >= 15 is 0 Å². The molecule has 4 heteroatoms. The van der Waals surface area contributed by atoms with Crippen molar-refractivity contribution in [1.29, 1.82) is 0 Å². The van der Waals surface area contributed by atoms with Crippen molar-refractivity contribution in [3.05, 3.63) is 29.8 Å². The number of hydrogen-bond acceptors (Lipinski definition) is 2. The number of alkyl halides is 2. The van der Waals surface area contributed by atoms with Gasteiger partial charge in [0.05, 0.1) is 0 Å². The minimum Gasteiger partial charge on any atom is -0.372 e. The first kappa shape index (κ1) is 12.9. The topological polar surface area (TPSA) is 29.3 Å². The largest absolute Gasteiger partial charge is 0.372 e. The van der Waals surface area contributed by atoms with Crippen LogP contribution >= 0.6 is 0 Å². The Morgan fingerprint density at radius 2 is 1.63 bits per heavy atom. The van der Waals surface area contributed by atoms with Gasteiger partial charge >= 0.3 is 0 Å². The maximum Gasteiger partial charge on any atom is 0.250 e. The lowest BCUT2D eigenvalue weighted by molar-refractivity contribution is -0.123. The van der Waals surface area contributed by atoms with Gasteiger partial charge in [0.2, 0.25) is 5.92 Å². The summed E-state index contributed by atoms with van der Waals surface area (Å²) < 4.78 is 26.3. The second-order valence-corrected chi connectivity index (χ2v) is 5.93. The zero-order chi connectivity index (χ0) is 13.5. The van der Waals surface area contributed by atoms with Crippen LogP contribution in [0.2, 0.25) is 0 Å². The molecular formula is C15H20F2N2. The Kier molecular flexibility index (Phi) is 3.01. The van der Waals surface area contributed by atoms with Crippen molar-refractivity contribution >= 4 is 5.69 Å². The molecule has 0 aromatic heterocycles. The van der Waals surface area contributed by atoms with Gasteiger partial charge in [-0.05, 0) is 30.5 Å². The van der Waals surface area contributed by atoms with Gasteiger partial charge in [-0.15, -0.1) is 0 Å². The van der Waals surface area contributed by atoms with E-state index in [4.69, 9.17) is 5.73 Å². The summed E-state index contributed by atoms with van der Waals surface area (Å²) in [6, 6.07) is 8.06. The quantitative estimate of drug-likeness (QED) is 0.911. The van der Waals surface area contributed by atoms with Crippen LogP contribution in [0.4, 0.5) is 14.5 Å². The monoisotopic (exact) mass is 266 g/mol. The maximum absolute atomic E-state index is 13.2. The summed E-state index contributed by atoms with van der Waals surface area (Å²) in [4.78, 5) is 2.34. The third-order valence-electron chi connectivity index (χ3n) is 4.54. The SMILES string of the molecule is NCC1(c2ccc(N3CCCC3)cc2)CC(F)(F)C1. The molecule has 1 aliphatic carbocycles. The molecule has 0 radical (unpaired) electrons. The van der Waals surface area contributed by atoms with Crippen LogP contribution in [-0.2, 0) is 5.41 Å². The van der Waals surface area contributed by atoms with Crippen molar-refractivity contribution in [3.8, 4) is 0 Å². The van der Waals surface area contributed by atoms with Gasteiger partial charge in [-0.3, -0.25) is 0 Å². The van der Waals surface area contributed by atoms with Crippen LogP contribution in [0, 0.1) is 0 Å². The Hall–Kier alpha value is -1.16. The number of rotatable bonds is 3. The van der Waals surface area contributed by atoms with E-state index < -0.39 is 11.3 Å². The maximum atomic E-state index is 13.2. The summed E-state index contributed by atoms with van der Waals surface area (Å²) in [7, 11) is 0. The molecule has 2 N–H and O–H groups in total. The molecule has 2 nitrogen and oxygen atoms in total. The molecular weight excluding hydrogens is 246 g/mol. The highest BCUT2D eigenvalue weighted by molar-refractivity contribution is 5.50. The molecule has 1 saturated heterocycles. The summed E-state index contributed by atoms with van der Waals surface area (Å²) in [5.74, 6) is -2.53. The number of nitrogens with two attached hydrogens (primary N) is 1. The highest BCUT2D eigenvalue weighted by Gasteiger charge is 2.56. The number of benzene rings is 1. The van der Waals surface area contributed by atoms with E-state index in [9.17, 15) is 8.78 Å². The molecule has 104 valence electrons. The third kappa shape index (κ3) is 2.22. The number of anilines is 1. The van der Waals surface area contributed by atoms with Crippen molar-refractivity contribution < 1.29 is 8.78 Å². The summed E-state index contributed by atoms with van der Waals surface area (Å²) in [5, 5.41) is 0. The fraction of sp³-hybridized carbons (Fsp3) is 0.600. The Bertz CT molecular complexity index is 442. The van der Waals surface area contributed by atoms with Crippen LogP contribution in [0.15, 0.2) is 24.3 Å². The Morgan fingerprint density at radius 3 is 2.11 bits per heavy atom. The standard InChI is InChI=1S/C15H20F2N2/c16-15(17)9-14(10-15,11-18)12-3-5-13(6-4-12)19-7-1-2-8-19/h3-6H,1-2,7-11,18H2. The van der Waals surface area contributed by atoms with Gasteiger partial charge < -0.3 is 10.6 Å². The van der Waals surface area contributed by atoms with E-state index in [0.717, 1.165) is 18.7 Å². The van der Waals surface area contributed by atoms with Crippen molar-refractivity contribution in [3.63, 3.8) is 0 Å². The molecule has 19 heavy (non-hydrogen) atoms. The minimum absolute atomic E-state index is 0.112. The van der Waals surface area contributed by atoms with Crippen LogP contribution < -0.4 is 10.6 Å². The average molecular weight is 266 g/mol. The summed E-state index contributed by atoms with van der Waals surface area (Å²) in [5.41, 5.74) is 7.39. The van der Waals surface area contributed by atoms with E-state index in [1.165, 1.54) is 18.5 Å². The normalized spacial score (nSPS) is 24.3. The highest BCUT2D eigenvalue weighted by atomic mass is 19.3. The first-order valence-electron chi connectivity index (χ1n) is 6.98. The van der Waals surface area contributed by atoms with Crippen LogP contribution in [0.5, 0.6) is 0 Å². The lowest BCUT2D eigenvalue weighted by atomic mass is 9.62. The molecule has 1 aromatic carbocycles. The van der Waals surface area contributed by atoms with E-state index in [-0.39, 0.29) is 12.8 Å². The van der Waals surface area contributed by atoms with Gasteiger partial charge in [0.15, 0.2) is 0 Å². The third-order valence-corrected chi connectivity index (χ3v) is 4.54. The first-order valence-corrected chi connectivity index (χ1v) is 6.98. The predicted octanol–water partition coefficient (Wildman–Crippen LogP) is 2.91. The second-order valence-electron chi connectivity index (χ2n) is 5.93. The zero-order valence-electron chi connectivity index (χ0n) is 11.0. The number of halogens is 2. The molecule has 1 heterocycles. The van der Waals surface area contributed by atoms with E-state index in [1.807, 2.05) is 12.1 Å². The molecule has 0 spiro atoms. The van der Waals surface area contributed by atoms with Crippen molar-refractivity contribution in [1.82, 2.24) is 0 Å². The molecule has 0 atom stereocenters. The van der Waals surface area contributed by atoms with Gasteiger partial charge in [-0.1, -0.05) is 12.1 Å². The molecule has 3 rings (SSSR count).